The summed E-state index contributed by atoms with van der Waals surface area (Å²) < 4.78 is 10.9. The highest BCUT2D eigenvalue weighted by Gasteiger charge is 2.17. The van der Waals surface area contributed by atoms with Crippen LogP contribution in [0, 0.1) is 10.1 Å². The van der Waals surface area contributed by atoms with Crippen molar-refractivity contribution in [1.29, 1.82) is 0 Å². The monoisotopic (exact) mass is 448 g/mol. The van der Waals surface area contributed by atoms with Gasteiger partial charge in [0.05, 0.1) is 37.9 Å². The molecule has 1 unspecified atom stereocenters. The molecule has 0 saturated carbocycles. The van der Waals surface area contributed by atoms with Gasteiger partial charge in [-0.05, 0) is 25.5 Å². The normalized spacial score (nSPS) is 19.5. The Bertz CT molecular complexity index is 718. The van der Waals surface area contributed by atoms with Gasteiger partial charge in [-0.3, -0.25) is 19.9 Å². The largest absolute Gasteiger partial charge is 0.379 e. The number of non-ortho nitro benzene ring substituents is 1. The van der Waals surface area contributed by atoms with E-state index in [1.54, 1.807) is 12.1 Å². The van der Waals surface area contributed by atoms with Gasteiger partial charge in [0, 0.05) is 57.4 Å². The van der Waals surface area contributed by atoms with Crippen LogP contribution in [0.25, 0.3) is 0 Å². The summed E-state index contributed by atoms with van der Waals surface area (Å²) in [5.74, 6) is 0.769. The SMILES string of the molecule is CC(CNC(=NCc1ccc([N+](=O)[O-])cc1)NCCCN1CCOCC1)N1CCOCC1. The highest BCUT2D eigenvalue weighted by atomic mass is 16.6. The Morgan fingerprint density at radius 1 is 1.09 bits per heavy atom. The Morgan fingerprint density at radius 3 is 2.41 bits per heavy atom. The lowest BCUT2D eigenvalue weighted by Gasteiger charge is -2.32. The fourth-order valence-corrected chi connectivity index (χ4v) is 3.79. The summed E-state index contributed by atoms with van der Waals surface area (Å²) in [7, 11) is 0. The minimum absolute atomic E-state index is 0.0941. The van der Waals surface area contributed by atoms with Crippen LogP contribution < -0.4 is 10.6 Å². The van der Waals surface area contributed by atoms with E-state index in [0.29, 0.717) is 12.6 Å². The zero-order valence-corrected chi connectivity index (χ0v) is 19.0. The van der Waals surface area contributed by atoms with Gasteiger partial charge in [0.2, 0.25) is 0 Å². The molecule has 10 nitrogen and oxygen atoms in total. The number of nitrogens with zero attached hydrogens (tertiary/aromatic N) is 4. The van der Waals surface area contributed by atoms with Crippen LogP contribution in [0.2, 0.25) is 0 Å². The van der Waals surface area contributed by atoms with Crippen LogP contribution in [-0.4, -0.2) is 99.0 Å². The summed E-state index contributed by atoms with van der Waals surface area (Å²) in [5.41, 5.74) is 1.03. The number of hydrogen-bond donors (Lipinski definition) is 2. The Balaban J connectivity index is 1.50. The number of nitro benzene ring substituents is 1. The van der Waals surface area contributed by atoms with Crippen LogP contribution in [0.4, 0.5) is 5.69 Å². The molecule has 0 aromatic heterocycles. The van der Waals surface area contributed by atoms with Gasteiger partial charge in [0.25, 0.3) is 5.69 Å². The van der Waals surface area contributed by atoms with Gasteiger partial charge in [-0.1, -0.05) is 12.1 Å². The molecule has 1 aromatic carbocycles. The van der Waals surface area contributed by atoms with Crippen molar-refractivity contribution in [3.63, 3.8) is 0 Å². The quantitative estimate of drug-likeness (QED) is 0.180. The van der Waals surface area contributed by atoms with Crippen LogP contribution in [0.5, 0.6) is 0 Å². The Hall–Kier alpha value is -2.27. The fourth-order valence-electron chi connectivity index (χ4n) is 3.79. The van der Waals surface area contributed by atoms with Crippen molar-refractivity contribution in [2.24, 2.45) is 4.99 Å². The second-order valence-electron chi connectivity index (χ2n) is 8.20. The van der Waals surface area contributed by atoms with E-state index in [2.05, 4.69) is 27.4 Å². The first-order chi connectivity index (χ1) is 15.6. The third kappa shape index (κ3) is 8.34. The molecule has 0 amide bonds. The number of rotatable bonds is 10. The predicted molar refractivity (Wildman–Crippen MR) is 124 cm³/mol. The van der Waals surface area contributed by atoms with Gasteiger partial charge < -0.3 is 20.1 Å². The van der Waals surface area contributed by atoms with Crippen molar-refractivity contribution in [1.82, 2.24) is 20.4 Å². The first kappa shape index (κ1) is 24.4. The number of nitrogens with one attached hydrogen (secondary N) is 2. The molecule has 2 aliphatic heterocycles. The van der Waals surface area contributed by atoms with Crippen LogP contribution in [-0.2, 0) is 16.0 Å². The van der Waals surface area contributed by atoms with Crippen LogP contribution in [0.3, 0.4) is 0 Å². The van der Waals surface area contributed by atoms with Crippen molar-refractivity contribution in [3.8, 4) is 0 Å². The van der Waals surface area contributed by atoms with E-state index in [4.69, 9.17) is 14.5 Å². The van der Waals surface area contributed by atoms with Crippen LogP contribution in [0.15, 0.2) is 29.3 Å². The molecular formula is C22H36N6O4. The molecule has 2 heterocycles. The molecule has 0 bridgehead atoms. The second-order valence-corrected chi connectivity index (χ2v) is 8.20. The van der Waals surface area contributed by atoms with Crippen molar-refractivity contribution in [3.05, 3.63) is 39.9 Å². The molecule has 2 N–H and O–H groups in total. The number of benzene rings is 1. The molecular weight excluding hydrogens is 412 g/mol. The first-order valence-electron chi connectivity index (χ1n) is 11.5. The van der Waals surface area contributed by atoms with E-state index in [1.165, 1.54) is 12.1 Å². The van der Waals surface area contributed by atoms with E-state index < -0.39 is 0 Å². The second kappa shape index (κ2) is 13.3. The van der Waals surface area contributed by atoms with Crippen molar-refractivity contribution >= 4 is 11.6 Å². The molecule has 1 aromatic rings. The van der Waals surface area contributed by atoms with Crippen molar-refractivity contribution in [2.75, 3.05) is 72.2 Å². The zero-order chi connectivity index (χ0) is 22.6. The van der Waals surface area contributed by atoms with Crippen molar-refractivity contribution < 1.29 is 14.4 Å². The van der Waals surface area contributed by atoms with Crippen LogP contribution in [0.1, 0.15) is 18.9 Å². The predicted octanol–water partition coefficient (Wildman–Crippen LogP) is 1.07. The molecule has 1 atom stereocenters. The maximum absolute atomic E-state index is 10.9. The Morgan fingerprint density at radius 2 is 1.75 bits per heavy atom. The molecule has 178 valence electrons. The van der Waals surface area contributed by atoms with Crippen LogP contribution >= 0.6 is 0 Å². The lowest BCUT2D eigenvalue weighted by Crippen LogP contribution is -2.49. The maximum atomic E-state index is 10.9. The summed E-state index contributed by atoms with van der Waals surface area (Å²) in [5, 5.41) is 17.8. The highest BCUT2D eigenvalue weighted by Crippen LogP contribution is 2.12. The summed E-state index contributed by atoms with van der Waals surface area (Å²) in [6, 6.07) is 6.93. The maximum Gasteiger partial charge on any atom is 0.269 e. The number of guanidine groups is 1. The molecule has 10 heteroatoms. The average Bonchev–Trinajstić information content (AvgIpc) is 2.84. The van der Waals surface area contributed by atoms with E-state index in [0.717, 1.165) is 90.2 Å². The smallest absolute Gasteiger partial charge is 0.269 e. The zero-order valence-electron chi connectivity index (χ0n) is 19.0. The minimum atomic E-state index is -0.386. The topological polar surface area (TPSA) is 104 Å². The summed E-state index contributed by atoms with van der Waals surface area (Å²) in [6.07, 6.45) is 1.03. The molecule has 2 aliphatic rings. The highest BCUT2D eigenvalue weighted by molar-refractivity contribution is 5.79. The van der Waals surface area contributed by atoms with Gasteiger partial charge in [0.15, 0.2) is 5.96 Å². The molecule has 3 rings (SSSR count). The lowest BCUT2D eigenvalue weighted by molar-refractivity contribution is -0.384. The van der Waals surface area contributed by atoms with Gasteiger partial charge >= 0.3 is 0 Å². The minimum Gasteiger partial charge on any atom is -0.379 e. The fraction of sp³-hybridized carbons (Fsp3) is 0.682. The summed E-state index contributed by atoms with van der Waals surface area (Å²) in [4.78, 5) is 20.0. The number of nitro groups is 1. The lowest BCUT2D eigenvalue weighted by atomic mass is 10.2. The molecule has 2 saturated heterocycles. The summed E-state index contributed by atoms with van der Waals surface area (Å²) in [6.45, 7) is 12.4. The van der Waals surface area contributed by atoms with Gasteiger partial charge in [-0.15, -0.1) is 0 Å². The van der Waals surface area contributed by atoms with E-state index in [9.17, 15) is 10.1 Å². The van der Waals surface area contributed by atoms with E-state index in [1.807, 2.05) is 0 Å². The number of aliphatic imine (C=N–C) groups is 1. The Labute approximate surface area is 190 Å². The number of ether oxygens (including phenoxy) is 2. The molecule has 0 spiro atoms. The van der Waals surface area contributed by atoms with E-state index >= 15 is 0 Å². The Kier molecular flexibility index (Phi) is 10.1. The van der Waals surface area contributed by atoms with Crippen molar-refractivity contribution in [2.45, 2.75) is 25.9 Å². The summed E-state index contributed by atoms with van der Waals surface area (Å²) >= 11 is 0. The third-order valence-corrected chi connectivity index (χ3v) is 5.85. The first-order valence-corrected chi connectivity index (χ1v) is 11.5. The molecule has 0 radical (unpaired) electrons. The van der Waals surface area contributed by atoms with Gasteiger partial charge in [-0.2, -0.15) is 0 Å². The molecule has 32 heavy (non-hydrogen) atoms. The average molecular weight is 449 g/mol. The number of morpholine rings is 2. The van der Waals surface area contributed by atoms with Gasteiger partial charge in [0.1, 0.15) is 0 Å². The number of hydrogen-bond acceptors (Lipinski definition) is 7. The van der Waals surface area contributed by atoms with Gasteiger partial charge in [-0.25, -0.2) is 4.99 Å². The van der Waals surface area contributed by atoms with E-state index in [-0.39, 0.29) is 10.6 Å². The molecule has 2 fully saturated rings. The standard InChI is InChI=1S/C22H36N6O4/c1-19(27-11-15-32-16-12-27)17-24-22(23-7-2-8-26-9-13-31-14-10-26)25-18-20-3-5-21(6-4-20)28(29)30/h3-6,19H,2,7-18H2,1H3,(H2,23,24,25). The molecule has 0 aliphatic carbocycles. The third-order valence-electron chi connectivity index (χ3n) is 5.85.